The first-order chi connectivity index (χ1) is 24.8. The summed E-state index contributed by atoms with van der Waals surface area (Å²) in [7, 11) is 0. The van der Waals surface area contributed by atoms with Gasteiger partial charge >= 0.3 is 0 Å². The standard InChI is InChI=1S/C42H51N5O4/c1-2-3-29-4-5-31-25-35(48)11-13-36(31)40(29)30-6-8-33(9-7-30)45-18-16-28(17-19-45)26-44-20-22-46(23-21-44)34-10-12-37-32(24-34)27-47(42(37)51)38-14-15-39(49)43-41(38)50/h6-13,24-25,28-29,38,40,48H,2-5,14-23,26-27H2,1H3,(H,43,49,50). The number of amides is 3. The van der Waals surface area contributed by atoms with Crippen molar-refractivity contribution in [2.24, 2.45) is 11.8 Å². The molecule has 3 aromatic rings. The van der Waals surface area contributed by atoms with Crippen LogP contribution in [-0.4, -0.2) is 84.5 Å². The molecule has 0 spiro atoms. The number of nitrogens with zero attached hydrogens (tertiary/aromatic N) is 4. The van der Waals surface area contributed by atoms with Crippen molar-refractivity contribution in [3.8, 4) is 5.75 Å². The molecule has 4 heterocycles. The Labute approximate surface area is 301 Å². The number of piperazine rings is 1. The van der Waals surface area contributed by atoms with Gasteiger partial charge < -0.3 is 19.8 Å². The number of imide groups is 1. The maximum absolute atomic E-state index is 13.1. The van der Waals surface area contributed by atoms with Gasteiger partial charge in [-0.1, -0.05) is 31.5 Å². The van der Waals surface area contributed by atoms with Crippen molar-refractivity contribution in [1.82, 2.24) is 15.1 Å². The van der Waals surface area contributed by atoms with Crippen LogP contribution in [0.4, 0.5) is 11.4 Å². The van der Waals surface area contributed by atoms with E-state index in [2.05, 4.69) is 63.3 Å². The number of anilines is 2. The summed E-state index contributed by atoms with van der Waals surface area (Å²) in [6.45, 7) is 10.0. The molecule has 3 unspecified atom stereocenters. The maximum atomic E-state index is 13.1. The van der Waals surface area contributed by atoms with E-state index in [9.17, 15) is 19.5 Å². The predicted molar refractivity (Wildman–Crippen MR) is 199 cm³/mol. The van der Waals surface area contributed by atoms with Crippen LogP contribution in [0.15, 0.2) is 60.7 Å². The quantitative estimate of drug-likeness (QED) is 0.294. The van der Waals surface area contributed by atoms with Crippen molar-refractivity contribution in [2.45, 2.75) is 76.8 Å². The molecule has 2 N–H and O–H groups in total. The molecule has 3 atom stereocenters. The Morgan fingerprint density at radius 2 is 1.51 bits per heavy atom. The molecule has 0 bridgehead atoms. The lowest BCUT2D eigenvalue weighted by atomic mass is 9.70. The molecule has 1 aliphatic carbocycles. The molecule has 51 heavy (non-hydrogen) atoms. The Bertz CT molecular complexity index is 1780. The first-order valence-corrected chi connectivity index (χ1v) is 19.3. The second-order valence-electron chi connectivity index (χ2n) is 15.5. The zero-order valence-corrected chi connectivity index (χ0v) is 29.9. The van der Waals surface area contributed by atoms with Gasteiger partial charge in [0.05, 0.1) is 0 Å². The third kappa shape index (κ3) is 6.85. The van der Waals surface area contributed by atoms with E-state index in [0.29, 0.717) is 42.0 Å². The summed E-state index contributed by atoms with van der Waals surface area (Å²) in [5.74, 6) is 1.38. The molecule has 9 nitrogen and oxygen atoms in total. The number of phenolic OH excluding ortho intramolecular Hbond substituents is 1. The fraction of sp³-hybridized carbons (Fsp3) is 0.500. The van der Waals surface area contributed by atoms with E-state index < -0.39 is 6.04 Å². The second-order valence-corrected chi connectivity index (χ2v) is 15.5. The molecule has 3 aromatic carbocycles. The summed E-state index contributed by atoms with van der Waals surface area (Å²) < 4.78 is 0. The molecule has 3 fully saturated rings. The Morgan fingerprint density at radius 1 is 0.765 bits per heavy atom. The number of aryl methyl sites for hydroxylation is 1. The zero-order chi connectivity index (χ0) is 35.1. The summed E-state index contributed by atoms with van der Waals surface area (Å²) in [6.07, 6.45) is 7.74. The Hall–Kier alpha value is -4.37. The Kier molecular flexibility index (Phi) is 9.49. The number of carbonyl (C=O) groups is 3. The van der Waals surface area contributed by atoms with E-state index in [4.69, 9.17) is 0 Å². The number of benzene rings is 3. The average molecular weight is 690 g/mol. The minimum Gasteiger partial charge on any atom is -0.508 e. The maximum Gasteiger partial charge on any atom is 0.255 e. The van der Waals surface area contributed by atoms with Crippen LogP contribution in [0.5, 0.6) is 5.75 Å². The molecule has 9 heteroatoms. The zero-order valence-electron chi connectivity index (χ0n) is 29.9. The smallest absolute Gasteiger partial charge is 0.255 e. The average Bonchev–Trinajstić information content (AvgIpc) is 3.47. The van der Waals surface area contributed by atoms with E-state index in [1.54, 1.807) is 4.90 Å². The Balaban J connectivity index is 0.822. The number of nitrogens with one attached hydrogen (secondary N) is 1. The van der Waals surface area contributed by atoms with Gasteiger partial charge in [-0.2, -0.15) is 0 Å². The van der Waals surface area contributed by atoms with Gasteiger partial charge in [-0.3, -0.25) is 24.6 Å². The molecule has 4 aliphatic heterocycles. The summed E-state index contributed by atoms with van der Waals surface area (Å²) in [4.78, 5) is 46.4. The van der Waals surface area contributed by atoms with Crippen LogP contribution >= 0.6 is 0 Å². The Morgan fingerprint density at radius 3 is 2.25 bits per heavy atom. The van der Waals surface area contributed by atoms with Crippen LogP contribution in [0, 0.1) is 11.8 Å². The van der Waals surface area contributed by atoms with E-state index in [0.717, 1.165) is 63.5 Å². The number of phenols is 1. The van der Waals surface area contributed by atoms with Crippen LogP contribution < -0.4 is 15.1 Å². The summed E-state index contributed by atoms with van der Waals surface area (Å²) in [5, 5.41) is 12.5. The number of piperidine rings is 2. The van der Waals surface area contributed by atoms with Crippen LogP contribution in [0.3, 0.4) is 0 Å². The lowest BCUT2D eigenvalue weighted by molar-refractivity contribution is -0.136. The number of hydrogen-bond acceptors (Lipinski definition) is 7. The number of aromatic hydroxyl groups is 1. The highest BCUT2D eigenvalue weighted by Gasteiger charge is 2.39. The molecule has 3 saturated heterocycles. The van der Waals surface area contributed by atoms with Gasteiger partial charge in [-0.25, -0.2) is 0 Å². The van der Waals surface area contributed by atoms with E-state index in [1.807, 2.05) is 24.3 Å². The fourth-order valence-electron chi connectivity index (χ4n) is 9.58. The minimum absolute atomic E-state index is 0.118. The molecular weight excluding hydrogens is 638 g/mol. The number of carbonyl (C=O) groups excluding carboxylic acids is 3. The monoisotopic (exact) mass is 689 g/mol. The molecule has 0 saturated carbocycles. The highest BCUT2D eigenvalue weighted by molar-refractivity contribution is 6.05. The molecule has 3 amide bonds. The van der Waals surface area contributed by atoms with E-state index >= 15 is 0 Å². The van der Waals surface area contributed by atoms with Gasteiger partial charge in [0.25, 0.3) is 5.91 Å². The predicted octanol–water partition coefficient (Wildman–Crippen LogP) is 5.69. The topological polar surface area (TPSA) is 96.4 Å². The van der Waals surface area contributed by atoms with Gasteiger partial charge in [-0.15, -0.1) is 0 Å². The highest BCUT2D eigenvalue weighted by Crippen LogP contribution is 2.44. The van der Waals surface area contributed by atoms with Gasteiger partial charge in [0.1, 0.15) is 11.8 Å². The summed E-state index contributed by atoms with van der Waals surface area (Å²) >= 11 is 0. The third-order valence-corrected chi connectivity index (χ3v) is 12.4. The normalized spacial score (nSPS) is 24.5. The van der Waals surface area contributed by atoms with Crippen molar-refractivity contribution in [3.63, 3.8) is 0 Å². The summed E-state index contributed by atoms with van der Waals surface area (Å²) in [6, 6.07) is 20.9. The van der Waals surface area contributed by atoms with Gasteiger partial charge in [0.2, 0.25) is 11.8 Å². The van der Waals surface area contributed by atoms with Gasteiger partial charge in [-0.05, 0) is 115 Å². The number of hydrogen-bond donors (Lipinski definition) is 2. The SMILES string of the molecule is CCCC1CCc2cc(O)ccc2C1c1ccc(N2CCC(CN3CCN(c4ccc5c(c4)CN(C4CCC(=O)NC4=O)C5=O)CC3)CC2)cc1. The van der Waals surface area contributed by atoms with E-state index in [-0.39, 0.29) is 24.1 Å². The molecule has 0 radical (unpaired) electrons. The second kappa shape index (κ2) is 14.3. The third-order valence-electron chi connectivity index (χ3n) is 12.4. The molecule has 8 rings (SSSR count). The number of rotatable bonds is 8. The van der Waals surface area contributed by atoms with E-state index in [1.165, 1.54) is 54.5 Å². The molecule has 0 aromatic heterocycles. The van der Waals surface area contributed by atoms with Crippen molar-refractivity contribution in [2.75, 3.05) is 55.6 Å². The van der Waals surface area contributed by atoms with Crippen molar-refractivity contribution in [3.05, 3.63) is 88.5 Å². The first kappa shape index (κ1) is 33.8. The fourth-order valence-corrected chi connectivity index (χ4v) is 9.58. The van der Waals surface area contributed by atoms with Crippen LogP contribution in [0.2, 0.25) is 0 Å². The first-order valence-electron chi connectivity index (χ1n) is 19.3. The minimum atomic E-state index is -0.581. The van der Waals surface area contributed by atoms with Crippen molar-refractivity contribution in [1.29, 1.82) is 0 Å². The summed E-state index contributed by atoms with van der Waals surface area (Å²) in [5.41, 5.74) is 8.21. The molecule has 268 valence electrons. The molecular formula is C42H51N5O4. The highest BCUT2D eigenvalue weighted by atomic mass is 16.3. The van der Waals surface area contributed by atoms with Crippen LogP contribution in [-0.2, 0) is 22.6 Å². The van der Waals surface area contributed by atoms with Gasteiger partial charge in [0, 0.05) is 81.6 Å². The van der Waals surface area contributed by atoms with Crippen molar-refractivity contribution >= 4 is 29.1 Å². The van der Waals surface area contributed by atoms with Crippen LogP contribution in [0.25, 0.3) is 0 Å². The van der Waals surface area contributed by atoms with Crippen molar-refractivity contribution < 1.29 is 19.5 Å². The largest absolute Gasteiger partial charge is 0.508 e. The molecule has 5 aliphatic rings. The lowest BCUT2D eigenvalue weighted by Gasteiger charge is -2.40. The van der Waals surface area contributed by atoms with Crippen LogP contribution in [0.1, 0.15) is 90.4 Å². The lowest BCUT2D eigenvalue weighted by Crippen LogP contribution is -2.52. The van der Waals surface area contributed by atoms with Gasteiger partial charge in [0.15, 0.2) is 0 Å². The number of fused-ring (bicyclic) bond motifs is 2.